The van der Waals surface area contributed by atoms with Crippen LogP contribution in [0.3, 0.4) is 0 Å². The molecule has 0 atom stereocenters. The fraction of sp³-hybridized carbons (Fsp3) is 0.125. The average molecular weight is 210 g/mol. The van der Waals surface area contributed by atoms with Crippen molar-refractivity contribution in [2.75, 3.05) is 11.1 Å². The summed E-state index contributed by atoms with van der Waals surface area (Å²) in [5.74, 6) is -0.874. The third-order valence-corrected chi connectivity index (χ3v) is 2.68. The Labute approximate surface area is 83.5 Å². The molecular formula is C8H6N2O3S. The second kappa shape index (κ2) is 3.30. The van der Waals surface area contributed by atoms with Crippen LogP contribution in [0.15, 0.2) is 17.2 Å². The third kappa shape index (κ3) is 1.56. The molecule has 5 nitrogen and oxygen atoms in total. The summed E-state index contributed by atoms with van der Waals surface area (Å²) in [6.45, 7) is 0. The number of pyridine rings is 1. The van der Waals surface area contributed by atoms with E-state index >= 15 is 0 Å². The lowest BCUT2D eigenvalue weighted by Gasteiger charge is -2.14. The SMILES string of the molecule is O=C1CSc2nc(C(=O)O)ccc2N1. The van der Waals surface area contributed by atoms with Crippen molar-refractivity contribution in [3.63, 3.8) is 0 Å². The molecule has 0 saturated carbocycles. The lowest BCUT2D eigenvalue weighted by molar-refractivity contribution is -0.113. The monoisotopic (exact) mass is 210 g/mol. The van der Waals surface area contributed by atoms with Crippen molar-refractivity contribution >= 4 is 29.3 Å². The number of anilines is 1. The number of carbonyl (C=O) groups excluding carboxylic acids is 1. The standard InChI is InChI=1S/C8H6N2O3S/c11-6-3-14-7-4(9-6)1-2-5(10-7)8(12)13/h1-2H,3H2,(H,9,11)(H,12,13). The summed E-state index contributed by atoms with van der Waals surface area (Å²) >= 11 is 1.24. The first-order chi connectivity index (χ1) is 6.66. The normalized spacial score (nSPS) is 14.4. The molecule has 72 valence electrons. The molecule has 0 aliphatic carbocycles. The highest BCUT2D eigenvalue weighted by Gasteiger charge is 2.18. The molecule has 2 N–H and O–H groups in total. The number of aromatic nitrogens is 1. The van der Waals surface area contributed by atoms with Crippen molar-refractivity contribution in [1.82, 2.24) is 4.98 Å². The lowest BCUT2D eigenvalue weighted by Crippen LogP contribution is -2.19. The average Bonchev–Trinajstić information content (AvgIpc) is 2.16. The van der Waals surface area contributed by atoms with Gasteiger partial charge in [-0.1, -0.05) is 11.8 Å². The molecule has 0 bridgehead atoms. The van der Waals surface area contributed by atoms with Gasteiger partial charge in [0.25, 0.3) is 0 Å². The van der Waals surface area contributed by atoms with Gasteiger partial charge in [-0.25, -0.2) is 9.78 Å². The first-order valence-corrected chi connectivity index (χ1v) is 4.82. The molecule has 14 heavy (non-hydrogen) atoms. The molecule has 0 fully saturated rings. The van der Waals surface area contributed by atoms with Gasteiger partial charge in [0, 0.05) is 0 Å². The number of rotatable bonds is 1. The van der Waals surface area contributed by atoms with Crippen LogP contribution in [-0.2, 0) is 4.79 Å². The summed E-state index contributed by atoms with van der Waals surface area (Å²) in [7, 11) is 0. The van der Waals surface area contributed by atoms with Crippen molar-refractivity contribution in [1.29, 1.82) is 0 Å². The zero-order valence-corrected chi connectivity index (χ0v) is 7.80. The number of nitrogens with zero attached hydrogens (tertiary/aromatic N) is 1. The Morgan fingerprint density at radius 3 is 3.07 bits per heavy atom. The summed E-state index contributed by atoms with van der Waals surface area (Å²) in [4.78, 5) is 25.5. The Morgan fingerprint density at radius 2 is 2.36 bits per heavy atom. The number of nitrogens with one attached hydrogen (secondary N) is 1. The van der Waals surface area contributed by atoms with Crippen LogP contribution < -0.4 is 5.32 Å². The number of fused-ring (bicyclic) bond motifs is 1. The van der Waals surface area contributed by atoms with Crippen molar-refractivity contribution in [2.45, 2.75) is 5.03 Å². The second-order valence-corrected chi connectivity index (χ2v) is 3.66. The van der Waals surface area contributed by atoms with Crippen LogP contribution >= 0.6 is 11.8 Å². The maximum atomic E-state index is 11.0. The van der Waals surface area contributed by atoms with Gasteiger partial charge in [-0.05, 0) is 12.1 Å². The molecule has 1 aliphatic heterocycles. The molecule has 0 aromatic carbocycles. The van der Waals surface area contributed by atoms with Crippen molar-refractivity contribution in [2.24, 2.45) is 0 Å². The quantitative estimate of drug-likeness (QED) is 0.717. The van der Waals surface area contributed by atoms with Crippen LogP contribution in [0, 0.1) is 0 Å². The minimum Gasteiger partial charge on any atom is -0.477 e. The molecule has 2 rings (SSSR count). The molecular weight excluding hydrogens is 204 g/mol. The molecule has 0 saturated heterocycles. The van der Waals surface area contributed by atoms with Gasteiger partial charge in [-0.2, -0.15) is 0 Å². The van der Waals surface area contributed by atoms with E-state index < -0.39 is 5.97 Å². The van der Waals surface area contributed by atoms with E-state index in [1.54, 1.807) is 6.07 Å². The van der Waals surface area contributed by atoms with E-state index in [2.05, 4.69) is 10.3 Å². The van der Waals surface area contributed by atoms with Gasteiger partial charge >= 0.3 is 5.97 Å². The Bertz CT molecular complexity index is 419. The number of amides is 1. The molecule has 1 aromatic rings. The summed E-state index contributed by atoms with van der Waals surface area (Å²) in [6.07, 6.45) is 0. The molecule has 1 aliphatic rings. The van der Waals surface area contributed by atoms with E-state index in [0.29, 0.717) is 10.7 Å². The minimum absolute atomic E-state index is 0.00704. The van der Waals surface area contributed by atoms with E-state index in [-0.39, 0.29) is 17.4 Å². The fourth-order valence-electron chi connectivity index (χ4n) is 1.08. The first-order valence-electron chi connectivity index (χ1n) is 3.84. The van der Waals surface area contributed by atoms with E-state index in [9.17, 15) is 9.59 Å². The van der Waals surface area contributed by atoms with Gasteiger partial charge in [0.05, 0.1) is 11.4 Å². The van der Waals surface area contributed by atoms with Gasteiger partial charge in [-0.15, -0.1) is 0 Å². The van der Waals surface area contributed by atoms with Gasteiger partial charge < -0.3 is 10.4 Å². The lowest BCUT2D eigenvalue weighted by atomic mass is 10.3. The van der Waals surface area contributed by atoms with E-state index in [1.165, 1.54) is 17.8 Å². The fourth-order valence-corrected chi connectivity index (χ4v) is 1.86. The Kier molecular flexibility index (Phi) is 2.12. The summed E-state index contributed by atoms with van der Waals surface area (Å²) < 4.78 is 0. The van der Waals surface area contributed by atoms with E-state index in [1.807, 2.05) is 0 Å². The van der Waals surface area contributed by atoms with Gasteiger partial charge in [-0.3, -0.25) is 4.79 Å². The molecule has 2 heterocycles. The van der Waals surface area contributed by atoms with Gasteiger partial charge in [0.15, 0.2) is 0 Å². The Morgan fingerprint density at radius 1 is 1.57 bits per heavy atom. The first kappa shape index (κ1) is 9.01. The van der Waals surface area contributed by atoms with Gasteiger partial charge in [0.1, 0.15) is 10.7 Å². The van der Waals surface area contributed by atoms with Crippen molar-refractivity contribution < 1.29 is 14.7 Å². The molecule has 0 unspecified atom stereocenters. The highest BCUT2D eigenvalue weighted by molar-refractivity contribution is 8.00. The highest BCUT2D eigenvalue weighted by Crippen LogP contribution is 2.29. The zero-order chi connectivity index (χ0) is 10.1. The number of carboxylic acid groups (broad SMARTS) is 1. The topological polar surface area (TPSA) is 79.3 Å². The number of carbonyl (C=O) groups is 2. The number of hydrogen-bond acceptors (Lipinski definition) is 4. The largest absolute Gasteiger partial charge is 0.477 e. The number of thioether (sulfide) groups is 1. The summed E-state index contributed by atoms with van der Waals surface area (Å²) in [6, 6.07) is 2.92. The Balaban J connectivity index is 2.41. The summed E-state index contributed by atoms with van der Waals surface area (Å²) in [5, 5.41) is 11.8. The predicted octanol–water partition coefficient (Wildman–Crippen LogP) is 0.824. The molecule has 1 amide bonds. The zero-order valence-electron chi connectivity index (χ0n) is 6.98. The van der Waals surface area contributed by atoms with Crippen molar-refractivity contribution in [3.05, 3.63) is 17.8 Å². The van der Waals surface area contributed by atoms with E-state index in [4.69, 9.17) is 5.11 Å². The predicted molar refractivity (Wildman–Crippen MR) is 50.6 cm³/mol. The van der Waals surface area contributed by atoms with Crippen LogP contribution in [0.1, 0.15) is 10.5 Å². The molecule has 0 radical (unpaired) electrons. The van der Waals surface area contributed by atoms with Crippen LogP contribution in [0.2, 0.25) is 0 Å². The highest BCUT2D eigenvalue weighted by atomic mass is 32.2. The number of hydrogen-bond donors (Lipinski definition) is 2. The maximum absolute atomic E-state index is 11.0. The van der Waals surface area contributed by atoms with Crippen molar-refractivity contribution in [3.8, 4) is 0 Å². The second-order valence-electron chi connectivity index (χ2n) is 2.69. The number of carboxylic acids is 1. The molecule has 6 heteroatoms. The van der Waals surface area contributed by atoms with Gasteiger partial charge in [0.2, 0.25) is 5.91 Å². The smallest absolute Gasteiger partial charge is 0.354 e. The Hall–Kier alpha value is -1.56. The van der Waals surface area contributed by atoms with E-state index in [0.717, 1.165) is 0 Å². The van der Waals surface area contributed by atoms with Crippen LogP contribution in [0.5, 0.6) is 0 Å². The minimum atomic E-state index is -1.06. The summed E-state index contributed by atoms with van der Waals surface area (Å²) in [5.41, 5.74) is 0.573. The maximum Gasteiger partial charge on any atom is 0.354 e. The third-order valence-electron chi connectivity index (χ3n) is 1.69. The van der Waals surface area contributed by atoms with Crippen LogP contribution in [0.4, 0.5) is 5.69 Å². The van der Waals surface area contributed by atoms with Crippen LogP contribution in [-0.4, -0.2) is 27.7 Å². The molecule has 0 spiro atoms. The number of aromatic carboxylic acids is 1. The van der Waals surface area contributed by atoms with Crippen LogP contribution in [0.25, 0.3) is 0 Å². The molecule has 1 aromatic heterocycles.